The molecule has 0 spiro atoms. The summed E-state index contributed by atoms with van der Waals surface area (Å²) in [6.07, 6.45) is -4.45. The van der Waals surface area contributed by atoms with E-state index in [0.717, 1.165) is 40.1 Å². The second kappa shape index (κ2) is 7.67. The number of benzene rings is 2. The lowest BCUT2D eigenvalue weighted by atomic mass is 10.1. The van der Waals surface area contributed by atoms with Gasteiger partial charge in [0.1, 0.15) is 6.54 Å². The number of rotatable bonds is 4. The van der Waals surface area contributed by atoms with Crippen LogP contribution in [0.2, 0.25) is 0 Å². The molecule has 0 saturated heterocycles. The van der Waals surface area contributed by atoms with E-state index < -0.39 is 23.2 Å². The molecular weight excluding hydrogens is 371 g/mol. The van der Waals surface area contributed by atoms with Crippen LogP contribution in [-0.2, 0) is 17.5 Å². The van der Waals surface area contributed by atoms with Crippen LogP contribution in [-0.4, -0.2) is 15.7 Å². The Morgan fingerprint density at radius 1 is 1.04 bits per heavy atom. The van der Waals surface area contributed by atoms with Crippen LogP contribution in [0, 0.1) is 6.92 Å². The molecule has 0 saturated carbocycles. The number of halogens is 3. The van der Waals surface area contributed by atoms with Gasteiger partial charge < -0.3 is 5.32 Å². The molecule has 0 bridgehead atoms. The lowest BCUT2D eigenvalue weighted by molar-refractivity contribution is -0.137. The molecule has 1 aromatic heterocycles. The van der Waals surface area contributed by atoms with Crippen LogP contribution in [0.5, 0.6) is 0 Å². The normalized spacial score (nSPS) is 11.3. The highest BCUT2D eigenvalue weighted by molar-refractivity contribution is 5.90. The van der Waals surface area contributed by atoms with E-state index in [4.69, 9.17) is 0 Å². The second-order valence-corrected chi connectivity index (χ2v) is 6.15. The quantitative estimate of drug-likeness (QED) is 0.739. The summed E-state index contributed by atoms with van der Waals surface area (Å²) >= 11 is 0. The highest BCUT2D eigenvalue weighted by atomic mass is 19.4. The van der Waals surface area contributed by atoms with E-state index in [2.05, 4.69) is 10.4 Å². The topological polar surface area (TPSA) is 64.0 Å². The van der Waals surface area contributed by atoms with Crippen molar-refractivity contribution in [1.29, 1.82) is 0 Å². The monoisotopic (exact) mass is 387 g/mol. The number of amides is 1. The van der Waals surface area contributed by atoms with Crippen molar-refractivity contribution in [2.24, 2.45) is 0 Å². The fraction of sp³-hybridized carbons (Fsp3) is 0.150. The van der Waals surface area contributed by atoms with Crippen molar-refractivity contribution in [2.75, 3.05) is 5.32 Å². The van der Waals surface area contributed by atoms with Crippen LogP contribution in [0.1, 0.15) is 11.1 Å². The van der Waals surface area contributed by atoms with E-state index in [0.29, 0.717) is 5.69 Å². The fourth-order valence-electron chi connectivity index (χ4n) is 2.65. The van der Waals surface area contributed by atoms with Crippen LogP contribution >= 0.6 is 0 Å². The summed E-state index contributed by atoms with van der Waals surface area (Å²) in [5.41, 5.74) is 1.27. The Bertz CT molecular complexity index is 1060. The van der Waals surface area contributed by atoms with E-state index >= 15 is 0 Å². The zero-order valence-corrected chi connectivity index (χ0v) is 14.8. The predicted molar refractivity (Wildman–Crippen MR) is 98.7 cm³/mol. The number of hydrogen-bond acceptors (Lipinski definition) is 3. The van der Waals surface area contributed by atoms with Crippen molar-refractivity contribution >= 4 is 11.6 Å². The molecule has 2 aromatic carbocycles. The molecule has 8 heteroatoms. The fourth-order valence-corrected chi connectivity index (χ4v) is 2.65. The molecule has 5 nitrogen and oxygen atoms in total. The Hall–Kier alpha value is -3.42. The van der Waals surface area contributed by atoms with Crippen LogP contribution < -0.4 is 10.9 Å². The number of aryl methyl sites for hydroxylation is 1. The maximum Gasteiger partial charge on any atom is 0.416 e. The van der Waals surface area contributed by atoms with Crippen molar-refractivity contribution < 1.29 is 18.0 Å². The Kier molecular flexibility index (Phi) is 5.30. The third-order valence-corrected chi connectivity index (χ3v) is 4.08. The van der Waals surface area contributed by atoms with Crippen LogP contribution in [0.15, 0.2) is 65.5 Å². The van der Waals surface area contributed by atoms with Gasteiger partial charge in [0.25, 0.3) is 5.56 Å². The van der Waals surface area contributed by atoms with E-state index in [-0.39, 0.29) is 12.2 Å². The maximum absolute atomic E-state index is 12.6. The van der Waals surface area contributed by atoms with Crippen LogP contribution in [0.3, 0.4) is 0 Å². The molecule has 1 heterocycles. The average Bonchev–Trinajstić information content (AvgIpc) is 2.64. The van der Waals surface area contributed by atoms with Crippen molar-refractivity contribution in [2.45, 2.75) is 19.6 Å². The Balaban J connectivity index is 1.76. The molecule has 0 aliphatic carbocycles. The van der Waals surface area contributed by atoms with Crippen LogP contribution in [0.25, 0.3) is 11.3 Å². The number of anilines is 1. The van der Waals surface area contributed by atoms with Gasteiger partial charge in [-0.3, -0.25) is 9.59 Å². The van der Waals surface area contributed by atoms with Gasteiger partial charge in [-0.2, -0.15) is 18.3 Å². The zero-order chi connectivity index (χ0) is 20.3. The molecule has 0 radical (unpaired) electrons. The van der Waals surface area contributed by atoms with Gasteiger partial charge in [-0.15, -0.1) is 0 Å². The Morgan fingerprint density at radius 2 is 1.71 bits per heavy atom. The first-order chi connectivity index (χ1) is 13.2. The molecule has 1 amide bonds. The number of alkyl halides is 3. The SMILES string of the molecule is Cc1ccccc1-c1ccc(=O)n(CC(=O)Nc2ccc(C(F)(F)F)cc2)n1. The first-order valence-corrected chi connectivity index (χ1v) is 8.35. The van der Waals surface area contributed by atoms with Gasteiger partial charge in [0, 0.05) is 17.3 Å². The number of nitrogens with zero attached hydrogens (tertiary/aromatic N) is 2. The van der Waals surface area contributed by atoms with Gasteiger partial charge in [0.2, 0.25) is 5.91 Å². The number of hydrogen-bond donors (Lipinski definition) is 1. The predicted octanol–water partition coefficient (Wildman–Crippen LogP) is 3.88. The molecule has 0 fully saturated rings. The van der Waals surface area contributed by atoms with Gasteiger partial charge in [-0.25, -0.2) is 4.68 Å². The van der Waals surface area contributed by atoms with Crippen molar-refractivity contribution in [3.05, 3.63) is 82.1 Å². The summed E-state index contributed by atoms with van der Waals surface area (Å²) in [4.78, 5) is 24.2. The summed E-state index contributed by atoms with van der Waals surface area (Å²) in [7, 11) is 0. The van der Waals surface area contributed by atoms with E-state index in [9.17, 15) is 22.8 Å². The van der Waals surface area contributed by atoms with E-state index in [1.165, 1.54) is 6.07 Å². The average molecular weight is 387 g/mol. The van der Waals surface area contributed by atoms with Gasteiger partial charge >= 0.3 is 6.18 Å². The number of carbonyl (C=O) groups is 1. The molecule has 0 aliphatic rings. The van der Waals surface area contributed by atoms with Crippen molar-refractivity contribution in [3.63, 3.8) is 0 Å². The van der Waals surface area contributed by atoms with E-state index in [1.807, 2.05) is 31.2 Å². The molecule has 3 rings (SSSR count). The molecule has 28 heavy (non-hydrogen) atoms. The third kappa shape index (κ3) is 4.46. The Morgan fingerprint density at radius 3 is 2.36 bits per heavy atom. The van der Waals surface area contributed by atoms with Crippen molar-refractivity contribution in [1.82, 2.24) is 9.78 Å². The molecule has 0 aliphatic heterocycles. The van der Waals surface area contributed by atoms with Gasteiger partial charge in [-0.1, -0.05) is 24.3 Å². The Labute approximate surface area is 158 Å². The van der Waals surface area contributed by atoms with Gasteiger partial charge in [0.15, 0.2) is 0 Å². The number of carbonyl (C=O) groups excluding carboxylic acids is 1. The van der Waals surface area contributed by atoms with Gasteiger partial charge in [-0.05, 0) is 42.8 Å². The molecule has 0 unspecified atom stereocenters. The number of aromatic nitrogens is 2. The molecule has 0 atom stereocenters. The maximum atomic E-state index is 12.6. The molecule has 3 aromatic rings. The van der Waals surface area contributed by atoms with Gasteiger partial charge in [0.05, 0.1) is 11.3 Å². The summed E-state index contributed by atoms with van der Waals surface area (Å²) in [5.74, 6) is -0.573. The zero-order valence-electron chi connectivity index (χ0n) is 14.8. The molecule has 144 valence electrons. The first kappa shape index (κ1) is 19.3. The standard InChI is InChI=1S/C20H16F3N3O2/c1-13-4-2-3-5-16(13)17-10-11-19(28)26(25-17)12-18(27)24-15-8-6-14(7-9-15)20(21,22)23/h2-11H,12H2,1H3,(H,24,27). The van der Waals surface area contributed by atoms with Crippen molar-refractivity contribution in [3.8, 4) is 11.3 Å². The highest BCUT2D eigenvalue weighted by Crippen LogP contribution is 2.29. The first-order valence-electron chi connectivity index (χ1n) is 8.35. The number of nitrogens with one attached hydrogen (secondary N) is 1. The highest BCUT2D eigenvalue weighted by Gasteiger charge is 2.30. The lowest BCUT2D eigenvalue weighted by Crippen LogP contribution is -2.29. The third-order valence-electron chi connectivity index (χ3n) is 4.08. The summed E-state index contributed by atoms with van der Waals surface area (Å²) in [5, 5.41) is 6.69. The lowest BCUT2D eigenvalue weighted by Gasteiger charge is -2.10. The van der Waals surface area contributed by atoms with E-state index in [1.54, 1.807) is 6.07 Å². The summed E-state index contributed by atoms with van der Waals surface area (Å²) < 4.78 is 38.8. The minimum Gasteiger partial charge on any atom is -0.324 e. The van der Waals surface area contributed by atoms with Crippen LogP contribution in [0.4, 0.5) is 18.9 Å². The minimum absolute atomic E-state index is 0.195. The molecule has 1 N–H and O–H groups in total. The largest absolute Gasteiger partial charge is 0.416 e. The minimum atomic E-state index is -4.45. The summed E-state index contributed by atoms with van der Waals surface area (Å²) in [6.45, 7) is 1.54. The summed E-state index contributed by atoms with van der Waals surface area (Å²) in [6, 6.07) is 14.4. The second-order valence-electron chi connectivity index (χ2n) is 6.15. The smallest absolute Gasteiger partial charge is 0.324 e. The molecular formula is C20H16F3N3O2.